The van der Waals surface area contributed by atoms with Gasteiger partial charge in [0.1, 0.15) is 0 Å². The molecule has 2 N–H and O–H groups in total. The highest BCUT2D eigenvalue weighted by Gasteiger charge is 2.33. The maximum atomic E-state index is 12.3. The number of aliphatic hydroxyl groups is 2. The molecule has 0 radical (unpaired) electrons. The lowest BCUT2D eigenvalue weighted by Crippen LogP contribution is -2.29. The van der Waals surface area contributed by atoms with Crippen molar-refractivity contribution in [3.63, 3.8) is 0 Å². The first-order chi connectivity index (χ1) is 9.06. The third-order valence-electron chi connectivity index (χ3n) is 3.12. The van der Waals surface area contributed by atoms with Gasteiger partial charge in [0, 0.05) is 19.3 Å². The van der Waals surface area contributed by atoms with E-state index < -0.39 is 12.2 Å². The first kappa shape index (κ1) is 12.8. The van der Waals surface area contributed by atoms with Crippen molar-refractivity contribution in [2.45, 2.75) is 12.2 Å². The summed E-state index contributed by atoms with van der Waals surface area (Å²) in [6.07, 6.45) is -0.158. The van der Waals surface area contributed by atoms with E-state index in [0.717, 1.165) is 4.70 Å². The SMILES string of the molecule is O=C(c1cc2nccc(Cl)c2s1)N1CC(O)C(O)C1. The number of nitrogens with zero attached hydrogens (tertiary/aromatic N) is 2. The van der Waals surface area contributed by atoms with Crippen molar-refractivity contribution < 1.29 is 15.0 Å². The average molecular weight is 299 g/mol. The molecule has 5 nitrogen and oxygen atoms in total. The topological polar surface area (TPSA) is 73.7 Å². The average Bonchev–Trinajstić information content (AvgIpc) is 2.94. The molecule has 0 saturated carbocycles. The predicted octanol–water partition coefficient (Wildman–Crippen LogP) is 1.13. The summed E-state index contributed by atoms with van der Waals surface area (Å²) in [5.74, 6) is -0.213. The molecule has 0 bridgehead atoms. The fourth-order valence-corrected chi connectivity index (χ4v) is 3.36. The van der Waals surface area contributed by atoms with Crippen LogP contribution in [0.15, 0.2) is 18.3 Å². The summed E-state index contributed by atoms with van der Waals surface area (Å²) in [5, 5.41) is 19.5. The maximum Gasteiger partial charge on any atom is 0.264 e. The van der Waals surface area contributed by atoms with Gasteiger partial charge in [-0.25, -0.2) is 0 Å². The molecule has 1 aliphatic rings. The third kappa shape index (κ3) is 2.21. The molecule has 0 aliphatic carbocycles. The van der Waals surface area contributed by atoms with Gasteiger partial charge in [-0.15, -0.1) is 11.3 Å². The molecule has 0 aromatic carbocycles. The Hall–Kier alpha value is -1.21. The Bertz CT molecular complexity index is 635. The first-order valence-corrected chi connectivity index (χ1v) is 6.95. The Balaban J connectivity index is 1.92. The molecule has 3 heterocycles. The van der Waals surface area contributed by atoms with Crippen molar-refractivity contribution in [3.8, 4) is 0 Å². The minimum atomic E-state index is -0.875. The summed E-state index contributed by atoms with van der Waals surface area (Å²) < 4.78 is 0.771. The van der Waals surface area contributed by atoms with E-state index >= 15 is 0 Å². The van der Waals surface area contributed by atoms with E-state index in [-0.39, 0.29) is 19.0 Å². The zero-order chi connectivity index (χ0) is 13.6. The molecule has 2 aromatic heterocycles. The molecule has 7 heteroatoms. The summed E-state index contributed by atoms with van der Waals surface area (Å²) in [6.45, 7) is 0.296. The van der Waals surface area contributed by atoms with Crippen LogP contribution in [-0.2, 0) is 0 Å². The van der Waals surface area contributed by atoms with E-state index in [1.807, 2.05) is 0 Å². The van der Waals surface area contributed by atoms with Crippen LogP contribution in [0.25, 0.3) is 10.2 Å². The molecule has 1 aliphatic heterocycles. The van der Waals surface area contributed by atoms with E-state index in [1.54, 1.807) is 18.3 Å². The summed E-state index contributed by atoms with van der Waals surface area (Å²) >= 11 is 7.32. The second-order valence-corrected chi connectivity index (χ2v) is 5.92. The van der Waals surface area contributed by atoms with Gasteiger partial charge in [0.15, 0.2) is 0 Å². The lowest BCUT2D eigenvalue weighted by atomic mass is 10.3. The Labute approximate surface area is 118 Å². The van der Waals surface area contributed by atoms with Crippen molar-refractivity contribution >= 4 is 39.1 Å². The first-order valence-electron chi connectivity index (χ1n) is 5.75. The van der Waals surface area contributed by atoms with Crippen molar-refractivity contribution in [3.05, 3.63) is 28.2 Å². The predicted molar refractivity (Wildman–Crippen MR) is 72.5 cm³/mol. The van der Waals surface area contributed by atoms with Crippen LogP contribution in [0.4, 0.5) is 0 Å². The van der Waals surface area contributed by atoms with E-state index in [4.69, 9.17) is 11.6 Å². The van der Waals surface area contributed by atoms with Gasteiger partial charge in [0.05, 0.1) is 32.3 Å². The number of likely N-dealkylation sites (tertiary alicyclic amines) is 1. The van der Waals surface area contributed by atoms with Crippen LogP contribution in [0.1, 0.15) is 9.67 Å². The number of carbonyl (C=O) groups is 1. The number of rotatable bonds is 1. The molecule has 3 rings (SSSR count). The van der Waals surface area contributed by atoms with Crippen molar-refractivity contribution in [2.24, 2.45) is 0 Å². The number of halogens is 1. The highest BCUT2D eigenvalue weighted by Crippen LogP contribution is 2.31. The molecule has 2 aromatic rings. The monoisotopic (exact) mass is 298 g/mol. The second-order valence-electron chi connectivity index (χ2n) is 4.46. The molecule has 19 heavy (non-hydrogen) atoms. The van der Waals surface area contributed by atoms with Crippen LogP contribution in [0.2, 0.25) is 5.02 Å². The van der Waals surface area contributed by atoms with Gasteiger partial charge in [-0.3, -0.25) is 9.78 Å². The number of hydrogen-bond donors (Lipinski definition) is 2. The number of fused-ring (bicyclic) bond motifs is 1. The molecular weight excluding hydrogens is 288 g/mol. The summed E-state index contributed by atoms with van der Waals surface area (Å²) in [5.41, 5.74) is 0.682. The van der Waals surface area contributed by atoms with Crippen LogP contribution in [0, 0.1) is 0 Å². The standard InChI is InChI=1S/C12H11ClN2O3S/c13-6-1-2-14-7-3-10(19-11(6)7)12(18)15-4-8(16)9(17)5-15/h1-3,8-9,16-17H,4-5H2. The van der Waals surface area contributed by atoms with Gasteiger partial charge < -0.3 is 15.1 Å². The normalized spacial score (nSPS) is 23.2. The number of thiophene rings is 1. The summed E-state index contributed by atoms with van der Waals surface area (Å²) in [7, 11) is 0. The number of carbonyl (C=O) groups excluding carboxylic acids is 1. The van der Waals surface area contributed by atoms with Gasteiger partial charge >= 0.3 is 0 Å². The van der Waals surface area contributed by atoms with Gasteiger partial charge in [-0.2, -0.15) is 0 Å². The Morgan fingerprint density at radius 2 is 2.11 bits per heavy atom. The lowest BCUT2D eigenvalue weighted by Gasteiger charge is -2.13. The van der Waals surface area contributed by atoms with Crippen molar-refractivity contribution in [1.82, 2.24) is 9.88 Å². The number of aliphatic hydroxyl groups excluding tert-OH is 2. The Morgan fingerprint density at radius 3 is 2.74 bits per heavy atom. The van der Waals surface area contributed by atoms with E-state index in [2.05, 4.69) is 4.98 Å². The largest absolute Gasteiger partial charge is 0.388 e. The fourth-order valence-electron chi connectivity index (χ4n) is 2.10. The van der Waals surface area contributed by atoms with Gasteiger partial charge in [0.2, 0.25) is 0 Å². The van der Waals surface area contributed by atoms with E-state index in [9.17, 15) is 15.0 Å². The van der Waals surface area contributed by atoms with Crippen molar-refractivity contribution in [2.75, 3.05) is 13.1 Å². The summed E-state index contributed by atoms with van der Waals surface area (Å²) in [6, 6.07) is 3.36. The van der Waals surface area contributed by atoms with Gasteiger partial charge in [-0.05, 0) is 12.1 Å². The zero-order valence-electron chi connectivity index (χ0n) is 9.78. The van der Waals surface area contributed by atoms with Gasteiger partial charge in [0.25, 0.3) is 5.91 Å². The van der Waals surface area contributed by atoms with Crippen LogP contribution >= 0.6 is 22.9 Å². The highest BCUT2D eigenvalue weighted by molar-refractivity contribution is 7.21. The minimum absolute atomic E-state index is 0.148. The van der Waals surface area contributed by atoms with Crippen LogP contribution < -0.4 is 0 Å². The molecule has 0 spiro atoms. The molecule has 1 fully saturated rings. The number of pyridine rings is 1. The van der Waals surface area contributed by atoms with Crippen LogP contribution in [-0.4, -0.2) is 51.3 Å². The van der Waals surface area contributed by atoms with Crippen LogP contribution in [0.3, 0.4) is 0 Å². The molecule has 1 saturated heterocycles. The molecule has 2 unspecified atom stereocenters. The van der Waals surface area contributed by atoms with E-state index in [1.165, 1.54) is 16.2 Å². The molecule has 100 valence electrons. The lowest BCUT2D eigenvalue weighted by molar-refractivity contribution is 0.0572. The highest BCUT2D eigenvalue weighted by atomic mass is 35.5. The molecule has 1 amide bonds. The smallest absolute Gasteiger partial charge is 0.264 e. The van der Waals surface area contributed by atoms with Crippen LogP contribution in [0.5, 0.6) is 0 Å². The van der Waals surface area contributed by atoms with Crippen molar-refractivity contribution in [1.29, 1.82) is 0 Å². The second kappa shape index (κ2) is 4.72. The Kier molecular flexibility index (Phi) is 3.18. The zero-order valence-corrected chi connectivity index (χ0v) is 11.4. The number of aromatic nitrogens is 1. The number of amides is 1. The fraction of sp³-hybridized carbons (Fsp3) is 0.333. The number of β-amino-alcohol motifs (C(OH)–C–C–N with tert-alkyl or cyclic N) is 2. The molecular formula is C12H11ClN2O3S. The van der Waals surface area contributed by atoms with Gasteiger partial charge in [-0.1, -0.05) is 11.6 Å². The summed E-state index contributed by atoms with van der Waals surface area (Å²) in [4.78, 5) is 18.4. The quantitative estimate of drug-likeness (QED) is 0.828. The number of hydrogen-bond acceptors (Lipinski definition) is 5. The maximum absolute atomic E-state index is 12.3. The molecule has 2 atom stereocenters. The van der Waals surface area contributed by atoms with E-state index in [0.29, 0.717) is 15.4 Å². The Morgan fingerprint density at radius 1 is 1.42 bits per heavy atom. The minimum Gasteiger partial charge on any atom is -0.388 e. The third-order valence-corrected chi connectivity index (χ3v) is 4.69.